The van der Waals surface area contributed by atoms with Crippen molar-refractivity contribution in [2.24, 2.45) is 0 Å². The van der Waals surface area contributed by atoms with Gasteiger partial charge in [-0.25, -0.2) is 4.57 Å². The van der Waals surface area contributed by atoms with Crippen molar-refractivity contribution in [3.05, 3.63) is 97.2 Å². The number of hydrogen-bond acceptors (Lipinski definition) is 6. The van der Waals surface area contributed by atoms with E-state index in [0.29, 0.717) is 12.8 Å². The molecule has 0 aromatic carbocycles. The second kappa shape index (κ2) is 31.9. The molecule has 46 heavy (non-hydrogen) atoms. The normalized spacial score (nSPS) is 13.7. The Morgan fingerprint density at radius 1 is 0.565 bits per heavy atom. The van der Waals surface area contributed by atoms with Crippen LogP contribution in [0.3, 0.4) is 0 Å². The number of carbonyl (C=O) groups is 2. The molecule has 0 radical (unpaired) electrons. The van der Waals surface area contributed by atoms with E-state index in [-0.39, 0.29) is 19.4 Å². The van der Waals surface area contributed by atoms with Gasteiger partial charge in [-0.3, -0.25) is 14.1 Å². The third kappa shape index (κ3) is 33.9. The third-order valence-corrected chi connectivity index (χ3v) is 6.60. The van der Waals surface area contributed by atoms with Gasteiger partial charge in [0.15, 0.2) is 6.10 Å². The number of unbranched alkanes of at least 4 members (excludes halogenated alkanes) is 2. The highest BCUT2D eigenvalue weighted by Crippen LogP contribution is 2.35. The fourth-order valence-electron chi connectivity index (χ4n) is 3.73. The number of phosphoric ester groups is 1. The van der Waals surface area contributed by atoms with E-state index in [9.17, 15) is 14.2 Å². The molecule has 0 saturated carbocycles. The molecule has 0 spiro atoms. The Bertz CT molecular complexity index is 1060. The molecule has 0 bridgehead atoms. The molecule has 1 atom stereocenters. The lowest BCUT2D eigenvalue weighted by molar-refractivity contribution is -0.161. The van der Waals surface area contributed by atoms with Crippen LogP contribution in [0, 0.1) is 0 Å². The number of rotatable bonds is 28. The topological polar surface area (TPSA) is 119 Å². The third-order valence-electron chi connectivity index (χ3n) is 6.11. The lowest BCUT2D eigenvalue weighted by atomic mass is 10.2. The van der Waals surface area contributed by atoms with E-state index in [1.807, 2.05) is 12.2 Å². The Balaban J connectivity index is 4.25. The summed E-state index contributed by atoms with van der Waals surface area (Å²) in [5, 5.41) is 0. The second-order valence-corrected chi connectivity index (χ2v) is 11.6. The number of hydrogen-bond donors (Lipinski definition) is 2. The lowest BCUT2D eigenvalue weighted by Gasteiger charge is -2.18. The van der Waals surface area contributed by atoms with Gasteiger partial charge in [-0.1, -0.05) is 111 Å². The molecule has 2 N–H and O–H groups in total. The van der Waals surface area contributed by atoms with Gasteiger partial charge in [-0.2, -0.15) is 0 Å². The van der Waals surface area contributed by atoms with E-state index < -0.39 is 32.5 Å². The first kappa shape index (κ1) is 43.0. The molecular formula is C37H57O8P. The zero-order chi connectivity index (χ0) is 34.0. The molecule has 0 saturated heterocycles. The van der Waals surface area contributed by atoms with Crippen LogP contribution in [-0.2, 0) is 28.2 Å². The van der Waals surface area contributed by atoms with Crippen LogP contribution in [0.15, 0.2) is 97.2 Å². The Labute approximate surface area is 277 Å². The summed E-state index contributed by atoms with van der Waals surface area (Å²) >= 11 is 0. The largest absolute Gasteiger partial charge is 0.469 e. The van der Waals surface area contributed by atoms with Crippen molar-refractivity contribution in [3.8, 4) is 0 Å². The van der Waals surface area contributed by atoms with Crippen molar-refractivity contribution in [1.29, 1.82) is 0 Å². The molecule has 0 aromatic rings. The van der Waals surface area contributed by atoms with Crippen molar-refractivity contribution < 1.29 is 37.9 Å². The van der Waals surface area contributed by atoms with E-state index in [4.69, 9.17) is 19.3 Å². The van der Waals surface area contributed by atoms with Crippen molar-refractivity contribution in [1.82, 2.24) is 0 Å². The summed E-state index contributed by atoms with van der Waals surface area (Å²) in [7, 11) is -4.78. The maximum Gasteiger partial charge on any atom is 0.469 e. The van der Waals surface area contributed by atoms with Crippen LogP contribution in [0.1, 0.15) is 104 Å². The van der Waals surface area contributed by atoms with Crippen molar-refractivity contribution >= 4 is 19.8 Å². The molecular weight excluding hydrogens is 603 g/mol. The average Bonchev–Trinajstić information content (AvgIpc) is 3.02. The first-order chi connectivity index (χ1) is 22.3. The summed E-state index contributed by atoms with van der Waals surface area (Å²) in [5.41, 5.74) is 0. The molecule has 8 nitrogen and oxygen atoms in total. The van der Waals surface area contributed by atoms with Crippen LogP contribution in [0.2, 0.25) is 0 Å². The molecule has 258 valence electrons. The van der Waals surface area contributed by atoms with E-state index in [1.165, 1.54) is 0 Å². The molecule has 0 aliphatic heterocycles. The molecule has 0 aromatic heterocycles. The van der Waals surface area contributed by atoms with E-state index in [1.54, 1.807) is 0 Å². The maximum atomic E-state index is 12.3. The highest BCUT2D eigenvalue weighted by Gasteiger charge is 2.22. The predicted molar refractivity (Wildman–Crippen MR) is 188 cm³/mol. The van der Waals surface area contributed by atoms with Crippen LogP contribution in [-0.4, -0.2) is 41.0 Å². The maximum absolute atomic E-state index is 12.3. The van der Waals surface area contributed by atoms with Crippen LogP contribution in [0.5, 0.6) is 0 Å². The molecule has 0 aliphatic rings. The van der Waals surface area contributed by atoms with Gasteiger partial charge in [0.1, 0.15) is 6.61 Å². The minimum atomic E-state index is -4.78. The van der Waals surface area contributed by atoms with Gasteiger partial charge in [0, 0.05) is 12.8 Å². The fourth-order valence-corrected chi connectivity index (χ4v) is 4.09. The lowest BCUT2D eigenvalue weighted by Crippen LogP contribution is -2.29. The van der Waals surface area contributed by atoms with E-state index in [0.717, 1.165) is 64.2 Å². The summed E-state index contributed by atoms with van der Waals surface area (Å²) in [6.45, 7) is 3.31. The number of esters is 2. The SMILES string of the molecule is CC/C=C\C/C=C\C/C=C\C/C=C\CCCCC(=O)OC(COC(=O)CC/C=C\C/C=C\C/C=C\C/C=C\CC)COP(=O)(O)O. The van der Waals surface area contributed by atoms with E-state index >= 15 is 0 Å². The summed E-state index contributed by atoms with van der Waals surface area (Å²) in [5.74, 6) is -1.04. The first-order valence-corrected chi connectivity index (χ1v) is 18.1. The predicted octanol–water partition coefficient (Wildman–Crippen LogP) is 9.50. The Hall–Kier alpha value is -3.03. The zero-order valence-corrected chi connectivity index (χ0v) is 28.8. The smallest absolute Gasteiger partial charge is 0.462 e. The first-order valence-electron chi connectivity index (χ1n) is 16.5. The highest BCUT2D eigenvalue weighted by atomic mass is 31.2. The van der Waals surface area contributed by atoms with Crippen LogP contribution < -0.4 is 0 Å². The van der Waals surface area contributed by atoms with Crippen molar-refractivity contribution in [3.63, 3.8) is 0 Å². The second-order valence-electron chi connectivity index (χ2n) is 10.4. The molecule has 0 aliphatic carbocycles. The van der Waals surface area contributed by atoms with Gasteiger partial charge < -0.3 is 19.3 Å². The Morgan fingerprint density at radius 2 is 1.00 bits per heavy atom. The minimum absolute atomic E-state index is 0.131. The Kier molecular flexibility index (Phi) is 29.8. The molecule has 0 fully saturated rings. The van der Waals surface area contributed by atoms with Gasteiger partial charge in [-0.05, 0) is 77.0 Å². The summed E-state index contributed by atoms with van der Waals surface area (Å²) < 4.78 is 26.1. The quantitative estimate of drug-likeness (QED) is 0.0369. The average molecular weight is 661 g/mol. The minimum Gasteiger partial charge on any atom is -0.462 e. The summed E-state index contributed by atoms with van der Waals surface area (Å²) in [6.07, 6.45) is 42.9. The van der Waals surface area contributed by atoms with Crippen molar-refractivity contribution in [2.75, 3.05) is 13.2 Å². The van der Waals surface area contributed by atoms with Gasteiger partial charge in [0.2, 0.25) is 0 Å². The van der Waals surface area contributed by atoms with Crippen LogP contribution in [0.25, 0.3) is 0 Å². The van der Waals surface area contributed by atoms with Gasteiger partial charge >= 0.3 is 19.8 Å². The highest BCUT2D eigenvalue weighted by molar-refractivity contribution is 7.46. The van der Waals surface area contributed by atoms with Gasteiger partial charge in [-0.15, -0.1) is 0 Å². The van der Waals surface area contributed by atoms with Crippen molar-refractivity contribution in [2.45, 2.75) is 110 Å². The molecule has 0 heterocycles. The molecule has 0 amide bonds. The summed E-state index contributed by atoms with van der Waals surface area (Å²) in [4.78, 5) is 42.5. The molecule has 0 rings (SSSR count). The van der Waals surface area contributed by atoms with Gasteiger partial charge in [0.05, 0.1) is 6.61 Å². The van der Waals surface area contributed by atoms with Gasteiger partial charge in [0.25, 0.3) is 0 Å². The number of ether oxygens (including phenoxy) is 2. The molecule has 9 heteroatoms. The fraction of sp³-hybridized carbons (Fsp3) is 0.514. The zero-order valence-electron chi connectivity index (χ0n) is 27.9. The number of phosphoric acid groups is 1. The standard InChI is InChI=1S/C37H57O8P/c1-3-5-7-9-11-13-15-17-18-20-22-24-26-28-30-32-37(39)45-35(34-44-46(40,41)42)33-43-36(38)31-29-27-25-23-21-19-16-14-12-10-8-6-4-2/h5-8,11-14,17-19,21-22,24-25,27,35H,3-4,9-10,15-16,20,23,26,28-34H2,1-2H3,(H2,40,41,42)/b7-5-,8-6-,13-11-,14-12-,18-17-,21-19-,24-22-,27-25-. The Morgan fingerprint density at radius 3 is 1.46 bits per heavy atom. The monoisotopic (exact) mass is 660 g/mol. The summed E-state index contributed by atoms with van der Waals surface area (Å²) in [6, 6.07) is 0. The molecule has 1 unspecified atom stereocenters. The van der Waals surface area contributed by atoms with Crippen LogP contribution in [0.4, 0.5) is 0 Å². The number of carbonyl (C=O) groups excluding carboxylic acids is 2. The van der Waals surface area contributed by atoms with Crippen LogP contribution >= 0.6 is 7.82 Å². The van der Waals surface area contributed by atoms with E-state index in [2.05, 4.69) is 103 Å². The number of allylic oxidation sites excluding steroid dienone is 16.